The monoisotopic (exact) mass is 186 g/mol. The number of hydrogen-bond donors (Lipinski definition) is 2. The van der Waals surface area contributed by atoms with E-state index in [-0.39, 0.29) is 12.1 Å². The first-order valence-electron chi connectivity index (χ1n) is 5.03. The number of nitrogens with two attached hydrogens (primary N) is 1. The topological polar surface area (TPSA) is 58.7 Å². The summed E-state index contributed by atoms with van der Waals surface area (Å²) in [5.41, 5.74) is 5.81. The highest BCUT2D eigenvalue weighted by molar-refractivity contribution is 4.87. The molecule has 0 bridgehead atoms. The lowest BCUT2D eigenvalue weighted by Crippen LogP contribution is -2.49. The van der Waals surface area contributed by atoms with Crippen molar-refractivity contribution in [1.29, 1.82) is 0 Å². The molecule has 4 nitrogen and oxygen atoms in total. The molecule has 76 valence electrons. The zero-order valence-corrected chi connectivity index (χ0v) is 7.85. The highest BCUT2D eigenvalue weighted by Crippen LogP contribution is 2.18. The molecule has 0 radical (unpaired) electrons. The van der Waals surface area contributed by atoms with Crippen LogP contribution in [0.4, 0.5) is 0 Å². The summed E-state index contributed by atoms with van der Waals surface area (Å²) in [6, 6.07) is 0.572. The van der Waals surface area contributed by atoms with Gasteiger partial charge in [-0.25, -0.2) is 0 Å². The summed E-state index contributed by atoms with van der Waals surface area (Å²) in [5.74, 6) is 0. The van der Waals surface area contributed by atoms with Gasteiger partial charge in [0.25, 0.3) is 0 Å². The second kappa shape index (κ2) is 3.92. The van der Waals surface area contributed by atoms with Crippen LogP contribution in [0, 0.1) is 0 Å². The van der Waals surface area contributed by atoms with Crippen molar-refractivity contribution in [3.63, 3.8) is 0 Å². The molecule has 0 aromatic heterocycles. The Bertz CT molecular complexity index is 169. The fraction of sp³-hybridized carbons (Fsp3) is 1.00. The fourth-order valence-electron chi connectivity index (χ4n) is 2.13. The van der Waals surface area contributed by atoms with Gasteiger partial charge in [0.2, 0.25) is 0 Å². The molecule has 0 unspecified atom stereocenters. The summed E-state index contributed by atoms with van der Waals surface area (Å²) in [6.45, 7) is 3.18. The summed E-state index contributed by atoms with van der Waals surface area (Å²) in [7, 11) is 0. The number of piperidine rings is 1. The average Bonchev–Trinajstić information content (AvgIpc) is 2.53. The number of nitrogens with zero attached hydrogens (tertiary/aromatic N) is 1. The van der Waals surface area contributed by atoms with Crippen LogP contribution in [0.2, 0.25) is 0 Å². The van der Waals surface area contributed by atoms with Gasteiger partial charge in [-0.3, -0.25) is 4.90 Å². The number of aliphatic hydroxyl groups is 1. The van der Waals surface area contributed by atoms with E-state index in [0.717, 1.165) is 25.9 Å². The number of ether oxygens (including phenoxy) is 1. The van der Waals surface area contributed by atoms with Crippen LogP contribution in [0.1, 0.15) is 12.8 Å². The zero-order chi connectivity index (χ0) is 9.26. The van der Waals surface area contributed by atoms with E-state index in [1.807, 2.05) is 0 Å². The Morgan fingerprint density at radius 3 is 2.46 bits per heavy atom. The summed E-state index contributed by atoms with van der Waals surface area (Å²) in [5, 5.41) is 9.61. The van der Waals surface area contributed by atoms with Crippen molar-refractivity contribution in [2.75, 3.05) is 26.3 Å². The molecule has 0 spiro atoms. The minimum absolute atomic E-state index is 0.215. The molecule has 2 rings (SSSR count). The Hall–Kier alpha value is -0.160. The molecule has 2 fully saturated rings. The maximum atomic E-state index is 9.61. The molecule has 0 saturated carbocycles. The molecule has 0 aromatic rings. The van der Waals surface area contributed by atoms with Gasteiger partial charge in [-0.05, 0) is 12.8 Å². The molecule has 0 aliphatic carbocycles. The summed E-state index contributed by atoms with van der Waals surface area (Å²) in [4.78, 5) is 2.31. The first kappa shape index (κ1) is 9.40. The average molecular weight is 186 g/mol. The minimum atomic E-state index is -0.297. The van der Waals surface area contributed by atoms with Gasteiger partial charge in [0, 0.05) is 19.1 Å². The molecular formula is C9H18N2O2. The molecule has 3 N–H and O–H groups in total. The minimum Gasteiger partial charge on any atom is -0.389 e. The van der Waals surface area contributed by atoms with E-state index in [1.165, 1.54) is 0 Å². The van der Waals surface area contributed by atoms with Crippen LogP contribution in [0.3, 0.4) is 0 Å². The van der Waals surface area contributed by atoms with Crippen molar-refractivity contribution in [1.82, 2.24) is 4.90 Å². The molecule has 0 amide bonds. The lowest BCUT2D eigenvalue weighted by molar-refractivity contribution is 0.0668. The number of likely N-dealkylation sites (tertiary alicyclic amines) is 1. The molecule has 4 heteroatoms. The second-order valence-corrected chi connectivity index (χ2v) is 4.05. The van der Waals surface area contributed by atoms with Crippen molar-refractivity contribution in [3.8, 4) is 0 Å². The van der Waals surface area contributed by atoms with Crippen molar-refractivity contribution in [3.05, 3.63) is 0 Å². The maximum absolute atomic E-state index is 9.61. The van der Waals surface area contributed by atoms with Gasteiger partial charge >= 0.3 is 0 Å². The molecule has 0 aromatic carbocycles. The van der Waals surface area contributed by atoms with Crippen molar-refractivity contribution in [2.24, 2.45) is 5.73 Å². The number of rotatable bonds is 1. The van der Waals surface area contributed by atoms with Crippen LogP contribution in [0.25, 0.3) is 0 Å². The van der Waals surface area contributed by atoms with Crippen LogP contribution in [-0.4, -0.2) is 54.5 Å². The summed E-state index contributed by atoms with van der Waals surface area (Å²) < 4.78 is 5.23. The van der Waals surface area contributed by atoms with Crippen LogP contribution in [0.5, 0.6) is 0 Å². The van der Waals surface area contributed by atoms with Crippen LogP contribution < -0.4 is 5.73 Å². The molecular weight excluding hydrogens is 168 g/mol. The number of hydrogen-bond acceptors (Lipinski definition) is 4. The van der Waals surface area contributed by atoms with Gasteiger partial charge in [0.1, 0.15) is 0 Å². The van der Waals surface area contributed by atoms with Gasteiger partial charge in [0.05, 0.1) is 25.4 Å². The van der Waals surface area contributed by atoms with Crippen LogP contribution >= 0.6 is 0 Å². The third-order valence-electron chi connectivity index (χ3n) is 3.06. The van der Waals surface area contributed by atoms with Crippen molar-refractivity contribution in [2.45, 2.75) is 31.0 Å². The lowest BCUT2D eigenvalue weighted by Gasteiger charge is -2.35. The number of aliphatic hydroxyl groups excluding tert-OH is 1. The van der Waals surface area contributed by atoms with E-state index in [2.05, 4.69) is 4.90 Å². The molecule has 2 atom stereocenters. The van der Waals surface area contributed by atoms with E-state index in [0.29, 0.717) is 19.3 Å². The first-order valence-corrected chi connectivity index (χ1v) is 5.03. The van der Waals surface area contributed by atoms with Crippen molar-refractivity contribution < 1.29 is 9.84 Å². The molecule has 13 heavy (non-hydrogen) atoms. The first-order chi connectivity index (χ1) is 6.27. The Labute approximate surface area is 78.7 Å². The SMILES string of the molecule is NC1CCN([C@@H]2COC[C@H]2O)CC1. The predicted molar refractivity (Wildman–Crippen MR) is 49.4 cm³/mol. The third-order valence-corrected chi connectivity index (χ3v) is 3.06. The van der Waals surface area contributed by atoms with Crippen LogP contribution in [-0.2, 0) is 4.74 Å². The largest absolute Gasteiger partial charge is 0.389 e. The standard InChI is InChI=1S/C9H18N2O2/c10-7-1-3-11(4-2-7)8-5-13-6-9(8)12/h7-9,12H,1-6,10H2/t8-,9-/m1/s1. The maximum Gasteiger partial charge on any atom is 0.0950 e. The molecule has 2 heterocycles. The Morgan fingerprint density at radius 2 is 1.92 bits per heavy atom. The smallest absolute Gasteiger partial charge is 0.0950 e. The summed E-state index contributed by atoms with van der Waals surface area (Å²) in [6.07, 6.45) is 1.79. The second-order valence-electron chi connectivity index (χ2n) is 4.05. The normalized spacial score (nSPS) is 38.3. The van der Waals surface area contributed by atoms with Crippen molar-refractivity contribution >= 4 is 0 Å². The molecule has 2 aliphatic heterocycles. The Morgan fingerprint density at radius 1 is 1.23 bits per heavy atom. The van der Waals surface area contributed by atoms with Gasteiger partial charge in [-0.15, -0.1) is 0 Å². The highest BCUT2D eigenvalue weighted by atomic mass is 16.5. The van der Waals surface area contributed by atoms with Gasteiger partial charge in [-0.2, -0.15) is 0 Å². The summed E-state index contributed by atoms with van der Waals surface area (Å²) >= 11 is 0. The predicted octanol–water partition coefficient (Wildman–Crippen LogP) is -0.831. The Kier molecular flexibility index (Phi) is 2.83. The van der Waals surface area contributed by atoms with Crippen LogP contribution in [0.15, 0.2) is 0 Å². The molecule has 2 aliphatic rings. The van der Waals surface area contributed by atoms with E-state index in [9.17, 15) is 5.11 Å². The third kappa shape index (κ3) is 2.02. The zero-order valence-electron chi connectivity index (χ0n) is 7.85. The highest BCUT2D eigenvalue weighted by Gasteiger charge is 2.33. The van der Waals surface area contributed by atoms with E-state index in [4.69, 9.17) is 10.5 Å². The van der Waals surface area contributed by atoms with E-state index < -0.39 is 0 Å². The fourth-order valence-corrected chi connectivity index (χ4v) is 2.13. The van der Waals surface area contributed by atoms with Gasteiger partial charge in [-0.1, -0.05) is 0 Å². The van der Waals surface area contributed by atoms with E-state index >= 15 is 0 Å². The Balaban J connectivity index is 1.86. The quantitative estimate of drug-likeness (QED) is 0.561. The lowest BCUT2D eigenvalue weighted by atomic mass is 10.0. The molecule has 2 saturated heterocycles. The van der Waals surface area contributed by atoms with E-state index in [1.54, 1.807) is 0 Å². The van der Waals surface area contributed by atoms with Gasteiger partial charge in [0.15, 0.2) is 0 Å². The van der Waals surface area contributed by atoms with Gasteiger partial charge < -0.3 is 15.6 Å².